The van der Waals surface area contributed by atoms with E-state index in [-0.39, 0.29) is 11.6 Å². The van der Waals surface area contributed by atoms with Gasteiger partial charge in [-0.25, -0.2) is 9.37 Å². The predicted octanol–water partition coefficient (Wildman–Crippen LogP) is 3.26. The Labute approximate surface area is 165 Å². The molecule has 2 aromatic rings. The minimum atomic E-state index is -4.60. The molecule has 1 aromatic heterocycles. The minimum Gasteiger partial charge on any atom is -0.496 e. The van der Waals surface area contributed by atoms with Gasteiger partial charge in [-0.15, -0.1) is 0 Å². The van der Waals surface area contributed by atoms with E-state index in [1.807, 2.05) is 0 Å². The van der Waals surface area contributed by atoms with Crippen molar-refractivity contribution in [3.63, 3.8) is 0 Å². The van der Waals surface area contributed by atoms with Gasteiger partial charge < -0.3 is 20.1 Å². The summed E-state index contributed by atoms with van der Waals surface area (Å²) in [6, 6.07) is 2.77. The normalized spacial score (nSPS) is 15.2. The van der Waals surface area contributed by atoms with Crippen LogP contribution in [0, 0.1) is 5.82 Å². The van der Waals surface area contributed by atoms with Crippen LogP contribution in [-0.2, 0) is 17.5 Å². The van der Waals surface area contributed by atoms with Crippen LogP contribution in [0.3, 0.4) is 0 Å². The van der Waals surface area contributed by atoms with E-state index in [9.17, 15) is 17.6 Å². The fourth-order valence-electron chi connectivity index (χ4n) is 2.96. The van der Waals surface area contributed by atoms with E-state index < -0.39 is 23.4 Å². The number of alkyl halides is 3. The Morgan fingerprint density at radius 2 is 1.97 bits per heavy atom. The molecule has 0 radical (unpaired) electrons. The van der Waals surface area contributed by atoms with E-state index in [2.05, 4.69) is 25.5 Å². The zero-order valence-corrected chi connectivity index (χ0v) is 15.9. The minimum absolute atomic E-state index is 0.00520. The molecule has 158 valence electrons. The molecule has 1 fully saturated rings. The number of halogens is 4. The number of hydrogen-bond donors (Lipinski definition) is 2. The van der Waals surface area contributed by atoms with E-state index >= 15 is 0 Å². The monoisotopic (exact) mass is 415 g/mol. The SMILES string of the molecule is CNc1nc(Nc2cc(OC)c(CN3CCOCC3)cc2F)ncc1C(F)(F)F. The zero-order chi connectivity index (χ0) is 21.0. The zero-order valence-electron chi connectivity index (χ0n) is 15.9. The van der Waals surface area contributed by atoms with Gasteiger partial charge in [0.2, 0.25) is 5.95 Å². The molecule has 0 aliphatic carbocycles. The first-order valence-electron chi connectivity index (χ1n) is 8.87. The fraction of sp³-hybridized carbons (Fsp3) is 0.444. The van der Waals surface area contributed by atoms with Crippen molar-refractivity contribution < 1.29 is 27.0 Å². The van der Waals surface area contributed by atoms with Gasteiger partial charge in [0.25, 0.3) is 0 Å². The Bertz CT molecular complexity index is 857. The van der Waals surface area contributed by atoms with Crippen LogP contribution < -0.4 is 15.4 Å². The van der Waals surface area contributed by atoms with Crippen LogP contribution in [0.25, 0.3) is 0 Å². The summed E-state index contributed by atoms with van der Waals surface area (Å²) in [7, 11) is 2.78. The average Bonchev–Trinajstić information content (AvgIpc) is 2.69. The van der Waals surface area contributed by atoms with Gasteiger partial charge in [-0.05, 0) is 6.07 Å². The quantitative estimate of drug-likeness (QED) is 0.702. The van der Waals surface area contributed by atoms with Crippen LogP contribution in [0.2, 0.25) is 0 Å². The molecule has 0 unspecified atom stereocenters. The summed E-state index contributed by atoms with van der Waals surface area (Å²) in [6.07, 6.45) is -3.96. The summed E-state index contributed by atoms with van der Waals surface area (Å²) in [5.74, 6) is -0.736. The molecule has 0 spiro atoms. The highest BCUT2D eigenvalue weighted by molar-refractivity contribution is 5.60. The lowest BCUT2D eigenvalue weighted by atomic mass is 10.1. The van der Waals surface area contributed by atoms with Crippen LogP contribution in [0.4, 0.5) is 35.0 Å². The first-order chi connectivity index (χ1) is 13.8. The lowest BCUT2D eigenvalue weighted by Crippen LogP contribution is -2.35. The number of nitrogens with one attached hydrogen (secondary N) is 2. The summed E-state index contributed by atoms with van der Waals surface area (Å²) in [6.45, 7) is 3.19. The number of benzene rings is 1. The highest BCUT2D eigenvalue weighted by Gasteiger charge is 2.35. The second-order valence-corrected chi connectivity index (χ2v) is 6.36. The first-order valence-corrected chi connectivity index (χ1v) is 8.87. The number of anilines is 3. The van der Waals surface area contributed by atoms with Gasteiger partial charge in [0.1, 0.15) is 22.9 Å². The molecular formula is C18H21F4N5O2. The summed E-state index contributed by atoms with van der Waals surface area (Å²) in [5, 5.41) is 4.99. The number of hydrogen-bond acceptors (Lipinski definition) is 7. The number of ether oxygens (including phenoxy) is 2. The van der Waals surface area contributed by atoms with Crippen molar-refractivity contribution in [2.24, 2.45) is 0 Å². The number of morpholine rings is 1. The third-order valence-corrected chi connectivity index (χ3v) is 4.45. The molecule has 1 aliphatic rings. The first kappa shape index (κ1) is 21.1. The second-order valence-electron chi connectivity index (χ2n) is 6.36. The van der Waals surface area contributed by atoms with Crippen molar-refractivity contribution in [3.05, 3.63) is 35.3 Å². The third kappa shape index (κ3) is 5.04. The fourth-order valence-corrected chi connectivity index (χ4v) is 2.96. The topological polar surface area (TPSA) is 71.5 Å². The summed E-state index contributed by atoms with van der Waals surface area (Å²) in [5.41, 5.74) is -0.361. The van der Waals surface area contributed by atoms with Crippen LogP contribution in [0.5, 0.6) is 5.75 Å². The Kier molecular flexibility index (Phi) is 6.38. The second kappa shape index (κ2) is 8.78. The molecule has 0 amide bonds. The van der Waals surface area contributed by atoms with Gasteiger partial charge in [-0.3, -0.25) is 4.90 Å². The van der Waals surface area contributed by atoms with Gasteiger partial charge in [-0.1, -0.05) is 0 Å². The Morgan fingerprint density at radius 1 is 1.24 bits per heavy atom. The standard InChI is InChI=1S/C18H21F4N5O2/c1-23-16-12(18(20,21)22)9-24-17(26-16)25-14-8-15(28-2)11(7-13(14)19)10-27-3-5-29-6-4-27/h7-9H,3-6,10H2,1-2H3,(H2,23,24,25,26). The van der Waals surface area contributed by atoms with Crippen molar-refractivity contribution in [2.75, 3.05) is 51.1 Å². The Hall–Kier alpha value is -2.66. The van der Waals surface area contributed by atoms with Crippen molar-refractivity contribution in [1.82, 2.24) is 14.9 Å². The lowest BCUT2D eigenvalue weighted by molar-refractivity contribution is -0.137. The summed E-state index contributed by atoms with van der Waals surface area (Å²) < 4.78 is 64.2. The number of nitrogens with zero attached hydrogens (tertiary/aromatic N) is 3. The third-order valence-electron chi connectivity index (χ3n) is 4.45. The van der Waals surface area contributed by atoms with Crippen LogP contribution in [0.1, 0.15) is 11.1 Å². The largest absolute Gasteiger partial charge is 0.496 e. The molecule has 1 aliphatic heterocycles. The highest BCUT2D eigenvalue weighted by Crippen LogP contribution is 2.34. The molecule has 3 rings (SSSR count). The maximum atomic E-state index is 14.6. The molecule has 2 N–H and O–H groups in total. The van der Waals surface area contributed by atoms with Crippen LogP contribution in [0.15, 0.2) is 18.3 Å². The van der Waals surface area contributed by atoms with E-state index in [0.29, 0.717) is 37.3 Å². The van der Waals surface area contributed by atoms with E-state index in [1.165, 1.54) is 26.3 Å². The summed E-state index contributed by atoms with van der Waals surface area (Å²) >= 11 is 0. The average molecular weight is 415 g/mol. The molecule has 11 heteroatoms. The number of methoxy groups -OCH3 is 1. The predicted molar refractivity (Wildman–Crippen MR) is 98.9 cm³/mol. The molecule has 2 heterocycles. The molecular weight excluding hydrogens is 394 g/mol. The van der Waals surface area contributed by atoms with Gasteiger partial charge in [0.15, 0.2) is 0 Å². The van der Waals surface area contributed by atoms with Crippen LogP contribution >= 0.6 is 0 Å². The molecule has 0 atom stereocenters. The number of aromatic nitrogens is 2. The lowest BCUT2D eigenvalue weighted by Gasteiger charge is -2.27. The Balaban J connectivity index is 1.84. The van der Waals surface area contributed by atoms with Gasteiger partial charge in [0.05, 0.1) is 26.0 Å². The number of rotatable bonds is 6. The van der Waals surface area contributed by atoms with E-state index in [0.717, 1.165) is 13.1 Å². The van der Waals surface area contributed by atoms with Gasteiger partial charge in [0, 0.05) is 44.5 Å². The van der Waals surface area contributed by atoms with Crippen LogP contribution in [-0.4, -0.2) is 55.3 Å². The van der Waals surface area contributed by atoms with E-state index in [4.69, 9.17) is 9.47 Å². The maximum absolute atomic E-state index is 14.6. The Morgan fingerprint density at radius 3 is 2.59 bits per heavy atom. The van der Waals surface area contributed by atoms with Crippen molar-refractivity contribution >= 4 is 17.5 Å². The van der Waals surface area contributed by atoms with Crippen molar-refractivity contribution in [1.29, 1.82) is 0 Å². The molecule has 1 saturated heterocycles. The van der Waals surface area contributed by atoms with Gasteiger partial charge in [-0.2, -0.15) is 18.2 Å². The smallest absolute Gasteiger partial charge is 0.421 e. The van der Waals surface area contributed by atoms with Crippen molar-refractivity contribution in [3.8, 4) is 5.75 Å². The summed E-state index contributed by atoms with van der Waals surface area (Å²) in [4.78, 5) is 9.55. The molecule has 29 heavy (non-hydrogen) atoms. The molecule has 0 bridgehead atoms. The maximum Gasteiger partial charge on any atom is 0.421 e. The van der Waals surface area contributed by atoms with E-state index in [1.54, 1.807) is 0 Å². The molecule has 1 aromatic carbocycles. The molecule has 7 nitrogen and oxygen atoms in total. The van der Waals surface area contributed by atoms with Crippen molar-refractivity contribution in [2.45, 2.75) is 12.7 Å². The van der Waals surface area contributed by atoms with Gasteiger partial charge >= 0.3 is 6.18 Å². The highest BCUT2D eigenvalue weighted by atomic mass is 19.4. The molecule has 0 saturated carbocycles.